The predicted octanol–water partition coefficient (Wildman–Crippen LogP) is 2.34. The third kappa shape index (κ3) is 2.25. The van der Waals surface area contributed by atoms with E-state index >= 15 is 0 Å². The molecule has 0 heterocycles. The SMILES string of the molecule is COc1ccc(C(S)(C=O)SC)cc1. The number of thiol groups is 1. The van der Waals surface area contributed by atoms with Crippen LogP contribution < -0.4 is 4.74 Å². The lowest BCUT2D eigenvalue weighted by Crippen LogP contribution is -2.15. The maximum absolute atomic E-state index is 10.9. The first-order valence-electron chi connectivity index (χ1n) is 4.04. The number of thioether (sulfide) groups is 1. The van der Waals surface area contributed by atoms with Crippen molar-refractivity contribution >= 4 is 30.7 Å². The average molecular weight is 228 g/mol. The molecule has 0 aliphatic rings. The van der Waals surface area contributed by atoms with Crippen LogP contribution in [-0.2, 0) is 8.87 Å². The summed E-state index contributed by atoms with van der Waals surface area (Å²) in [7, 11) is 1.61. The topological polar surface area (TPSA) is 26.3 Å². The molecule has 14 heavy (non-hydrogen) atoms. The van der Waals surface area contributed by atoms with E-state index in [-0.39, 0.29) is 0 Å². The maximum atomic E-state index is 10.9. The lowest BCUT2D eigenvalue weighted by atomic mass is 10.1. The Morgan fingerprint density at radius 3 is 2.36 bits per heavy atom. The van der Waals surface area contributed by atoms with E-state index in [1.165, 1.54) is 11.8 Å². The molecule has 1 rings (SSSR count). The van der Waals surface area contributed by atoms with Crippen molar-refractivity contribution in [3.05, 3.63) is 29.8 Å². The van der Waals surface area contributed by atoms with Gasteiger partial charge in [-0.2, -0.15) is 0 Å². The van der Waals surface area contributed by atoms with E-state index < -0.39 is 4.08 Å². The molecule has 0 saturated heterocycles. The number of ether oxygens (including phenoxy) is 1. The van der Waals surface area contributed by atoms with Crippen molar-refractivity contribution in [1.29, 1.82) is 0 Å². The van der Waals surface area contributed by atoms with Crippen LogP contribution in [0, 0.1) is 0 Å². The van der Waals surface area contributed by atoms with E-state index in [2.05, 4.69) is 12.6 Å². The molecule has 0 amide bonds. The van der Waals surface area contributed by atoms with E-state index in [0.29, 0.717) is 0 Å². The highest BCUT2D eigenvalue weighted by atomic mass is 32.2. The highest BCUT2D eigenvalue weighted by molar-refractivity contribution is 8.11. The van der Waals surface area contributed by atoms with Gasteiger partial charge in [0, 0.05) is 0 Å². The number of rotatable bonds is 4. The van der Waals surface area contributed by atoms with Crippen molar-refractivity contribution in [1.82, 2.24) is 0 Å². The van der Waals surface area contributed by atoms with Crippen LogP contribution in [0.4, 0.5) is 0 Å². The molecular weight excluding hydrogens is 216 g/mol. The summed E-state index contributed by atoms with van der Waals surface area (Å²) in [5, 5.41) is 0. The van der Waals surface area contributed by atoms with Gasteiger partial charge in [0.15, 0.2) is 0 Å². The Morgan fingerprint density at radius 1 is 1.43 bits per heavy atom. The molecule has 0 bridgehead atoms. The highest BCUT2D eigenvalue weighted by Gasteiger charge is 2.25. The van der Waals surface area contributed by atoms with Gasteiger partial charge < -0.3 is 9.53 Å². The molecule has 1 unspecified atom stereocenters. The molecule has 1 atom stereocenters. The highest BCUT2D eigenvalue weighted by Crippen LogP contribution is 2.36. The van der Waals surface area contributed by atoms with Crippen LogP contribution in [0.2, 0.25) is 0 Å². The van der Waals surface area contributed by atoms with Crippen LogP contribution in [-0.4, -0.2) is 19.7 Å². The zero-order chi connectivity index (χ0) is 10.6. The van der Waals surface area contributed by atoms with Gasteiger partial charge in [0.25, 0.3) is 0 Å². The molecule has 0 aliphatic heterocycles. The average Bonchev–Trinajstić information content (AvgIpc) is 2.28. The van der Waals surface area contributed by atoms with Gasteiger partial charge in [0.05, 0.1) is 7.11 Å². The van der Waals surface area contributed by atoms with Crippen LogP contribution >= 0.6 is 24.4 Å². The molecule has 4 heteroatoms. The first-order chi connectivity index (χ1) is 6.66. The summed E-state index contributed by atoms with van der Waals surface area (Å²) < 4.78 is 4.27. The molecule has 0 N–H and O–H groups in total. The fourth-order valence-corrected chi connectivity index (χ4v) is 1.68. The zero-order valence-electron chi connectivity index (χ0n) is 8.06. The second kappa shape index (κ2) is 4.75. The van der Waals surface area contributed by atoms with Crippen molar-refractivity contribution in [3.63, 3.8) is 0 Å². The van der Waals surface area contributed by atoms with Gasteiger partial charge in [-0.3, -0.25) is 0 Å². The van der Waals surface area contributed by atoms with Gasteiger partial charge in [-0.25, -0.2) is 0 Å². The maximum Gasteiger partial charge on any atom is 0.150 e. The van der Waals surface area contributed by atoms with Crippen molar-refractivity contribution in [2.24, 2.45) is 0 Å². The summed E-state index contributed by atoms with van der Waals surface area (Å²) >= 11 is 5.72. The summed E-state index contributed by atoms with van der Waals surface area (Å²) in [5.74, 6) is 0.774. The smallest absolute Gasteiger partial charge is 0.150 e. The first kappa shape index (κ1) is 11.5. The zero-order valence-corrected chi connectivity index (χ0v) is 9.77. The standard InChI is InChI=1S/C10H12O2S2/c1-12-9-5-3-8(4-6-9)10(13,7-11)14-2/h3-7,13H,1-2H3. The Morgan fingerprint density at radius 2 is 2.00 bits per heavy atom. The molecule has 0 spiro atoms. The van der Waals surface area contributed by atoms with Gasteiger partial charge in [-0.1, -0.05) is 12.1 Å². The monoisotopic (exact) mass is 228 g/mol. The quantitative estimate of drug-likeness (QED) is 0.487. The minimum Gasteiger partial charge on any atom is -0.497 e. The van der Waals surface area contributed by atoms with E-state index in [1.54, 1.807) is 7.11 Å². The van der Waals surface area contributed by atoms with E-state index in [4.69, 9.17) is 4.74 Å². The van der Waals surface area contributed by atoms with Gasteiger partial charge in [-0.05, 0) is 24.0 Å². The first-order valence-corrected chi connectivity index (χ1v) is 5.72. The summed E-state index contributed by atoms with van der Waals surface area (Å²) in [4.78, 5) is 10.9. The fourth-order valence-electron chi connectivity index (χ4n) is 1.06. The minimum atomic E-state index is -0.758. The molecular formula is C10H12O2S2. The van der Waals surface area contributed by atoms with Crippen LogP contribution in [0.5, 0.6) is 5.75 Å². The lowest BCUT2D eigenvalue weighted by molar-refractivity contribution is -0.108. The van der Waals surface area contributed by atoms with Gasteiger partial charge >= 0.3 is 0 Å². The van der Waals surface area contributed by atoms with Crippen molar-refractivity contribution < 1.29 is 9.53 Å². The predicted molar refractivity (Wildman–Crippen MR) is 63.2 cm³/mol. The minimum absolute atomic E-state index is 0.758. The molecule has 1 aromatic rings. The number of hydrogen-bond donors (Lipinski definition) is 1. The van der Waals surface area contributed by atoms with Crippen LogP contribution in [0.1, 0.15) is 5.56 Å². The molecule has 0 aliphatic carbocycles. The van der Waals surface area contributed by atoms with E-state index in [1.807, 2.05) is 30.5 Å². The molecule has 0 fully saturated rings. The number of benzene rings is 1. The molecule has 0 saturated carbocycles. The van der Waals surface area contributed by atoms with Crippen molar-refractivity contribution in [2.45, 2.75) is 4.08 Å². The van der Waals surface area contributed by atoms with Gasteiger partial charge in [0.1, 0.15) is 16.1 Å². The number of methoxy groups -OCH3 is 1. The van der Waals surface area contributed by atoms with Gasteiger partial charge in [0.2, 0.25) is 0 Å². The van der Waals surface area contributed by atoms with E-state index in [9.17, 15) is 4.79 Å². The van der Waals surface area contributed by atoms with Crippen molar-refractivity contribution in [2.75, 3.05) is 13.4 Å². The Balaban J connectivity index is 3.01. The molecule has 0 radical (unpaired) electrons. The van der Waals surface area contributed by atoms with Crippen LogP contribution in [0.15, 0.2) is 24.3 Å². The molecule has 0 aromatic heterocycles. The van der Waals surface area contributed by atoms with Gasteiger partial charge in [-0.15, -0.1) is 24.4 Å². The Kier molecular flexibility index (Phi) is 3.89. The molecule has 76 valence electrons. The number of carbonyl (C=O) groups is 1. The van der Waals surface area contributed by atoms with Crippen LogP contribution in [0.3, 0.4) is 0 Å². The second-order valence-corrected chi connectivity index (χ2v) is 4.81. The Hall–Kier alpha value is -0.610. The molecule has 1 aromatic carbocycles. The normalized spacial score (nSPS) is 14.5. The third-order valence-electron chi connectivity index (χ3n) is 1.97. The largest absolute Gasteiger partial charge is 0.497 e. The number of carbonyl (C=O) groups excluding carboxylic acids is 1. The summed E-state index contributed by atoms with van der Waals surface area (Å²) in [6.07, 6.45) is 2.69. The summed E-state index contributed by atoms with van der Waals surface area (Å²) in [5.41, 5.74) is 0.865. The number of aldehydes is 1. The third-order valence-corrected chi connectivity index (χ3v) is 3.84. The fraction of sp³-hybridized carbons (Fsp3) is 0.300. The summed E-state index contributed by atoms with van der Waals surface area (Å²) in [6, 6.07) is 7.33. The summed E-state index contributed by atoms with van der Waals surface area (Å²) in [6.45, 7) is 0. The molecule has 2 nitrogen and oxygen atoms in total. The second-order valence-electron chi connectivity index (χ2n) is 2.75. The van der Waals surface area contributed by atoms with Crippen molar-refractivity contribution in [3.8, 4) is 5.75 Å². The Labute approximate surface area is 93.4 Å². The lowest BCUT2D eigenvalue weighted by Gasteiger charge is -2.19. The van der Waals surface area contributed by atoms with E-state index in [0.717, 1.165) is 17.6 Å². The Bertz CT molecular complexity index is 310. The number of hydrogen-bond acceptors (Lipinski definition) is 4. The van der Waals surface area contributed by atoms with Crippen LogP contribution in [0.25, 0.3) is 0 Å².